The summed E-state index contributed by atoms with van der Waals surface area (Å²) in [5.74, 6) is -1.33. The Labute approximate surface area is 98.6 Å². The Morgan fingerprint density at radius 1 is 1.29 bits per heavy atom. The first kappa shape index (κ1) is 13.6. The molecule has 0 aromatic heterocycles. The lowest BCUT2D eigenvalue weighted by molar-refractivity contribution is -0.141. The zero-order valence-corrected chi connectivity index (χ0v) is 9.89. The third-order valence-corrected chi connectivity index (χ3v) is 3.40. The molecule has 1 aromatic carbocycles. The molecular formula is C10H13NO5S. The number of aliphatic hydroxyl groups is 1. The molecule has 0 amide bonds. The van der Waals surface area contributed by atoms with Gasteiger partial charge in [0, 0.05) is 6.26 Å². The van der Waals surface area contributed by atoms with E-state index in [9.17, 15) is 18.3 Å². The van der Waals surface area contributed by atoms with Gasteiger partial charge in [-0.15, -0.1) is 0 Å². The van der Waals surface area contributed by atoms with Crippen molar-refractivity contribution < 1.29 is 23.4 Å². The number of hydrogen-bond acceptors (Lipinski definition) is 5. The summed E-state index contributed by atoms with van der Waals surface area (Å²) < 4.78 is 22.3. The maximum atomic E-state index is 11.2. The molecule has 0 fully saturated rings. The number of nitrogens with two attached hydrogens (primary N) is 1. The second-order valence-corrected chi connectivity index (χ2v) is 5.67. The van der Waals surface area contributed by atoms with Crippen molar-refractivity contribution in [2.75, 3.05) is 6.26 Å². The lowest BCUT2D eigenvalue weighted by Gasteiger charge is -2.15. The number of aliphatic carboxylic acids is 1. The highest BCUT2D eigenvalue weighted by Gasteiger charge is 2.23. The lowest BCUT2D eigenvalue weighted by Crippen LogP contribution is -2.36. The van der Waals surface area contributed by atoms with Gasteiger partial charge in [0.05, 0.1) is 4.90 Å². The number of aliphatic hydroxyl groups excluding tert-OH is 1. The smallest absolute Gasteiger partial charge is 0.323 e. The highest BCUT2D eigenvalue weighted by molar-refractivity contribution is 7.90. The number of rotatable bonds is 4. The highest BCUT2D eigenvalue weighted by Crippen LogP contribution is 2.18. The zero-order chi connectivity index (χ0) is 13.2. The van der Waals surface area contributed by atoms with Crippen LogP contribution in [-0.2, 0) is 14.6 Å². The fraction of sp³-hybridized carbons (Fsp3) is 0.300. The standard InChI is InChI=1S/C10H13NO5S/c1-17(15,16)7-4-2-6(3-5-7)9(12)8(11)10(13)14/h2-5,8-9,12H,11H2,1H3,(H,13,14)/t8-,9?/m0/s1. The van der Waals surface area contributed by atoms with Gasteiger partial charge in [0.1, 0.15) is 12.1 Å². The van der Waals surface area contributed by atoms with Gasteiger partial charge >= 0.3 is 5.97 Å². The predicted molar refractivity (Wildman–Crippen MR) is 60.1 cm³/mol. The van der Waals surface area contributed by atoms with Crippen molar-refractivity contribution in [2.45, 2.75) is 17.0 Å². The van der Waals surface area contributed by atoms with E-state index < -0.39 is 28.0 Å². The Balaban J connectivity index is 2.99. The van der Waals surface area contributed by atoms with E-state index in [1.807, 2.05) is 0 Å². The van der Waals surface area contributed by atoms with Crippen LogP contribution >= 0.6 is 0 Å². The molecule has 1 unspecified atom stereocenters. The van der Waals surface area contributed by atoms with E-state index in [0.29, 0.717) is 0 Å². The minimum Gasteiger partial charge on any atom is -0.480 e. The first-order chi connectivity index (χ1) is 7.73. The number of carbonyl (C=O) groups is 1. The molecule has 1 rings (SSSR count). The highest BCUT2D eigenvalue weighted by atomic mass is 32.2. The molecule has 0 heterocycles. The summed E-state index contributed by atoms with van der Waals surface area (Å²) in [6, 6.07) is 3.82. The summed E-state index contributed by atoms with van der Waals surface area (Å²) in [5, 5.41) is 18.2. The molecule has 0 saturated carbocycles. The van der Waals surface area contributed by atoms with Crippen molar-refractivity contribution in [1.29, 1.82) is 0 Å². The van der Waals surface area contributed by atoms with Gasteiger partial charge in [0.15, 0.2) is 9.84 Å². The molecule has 4 N–H and O–H groups in total. The van der Waals surface area contributed by atoms with Crippen molar-refractivity contribution >= 4 is 15.8 Å². The number of sulfone groups is 1. The second kappa shape index (κ2) is 4.82. The maximum Gasteiger partial charge on any atom is 0.323 e. The van der Waals surface area contributed by atoms with Crippen LogP contribution in [0.5, 0.6) is 0 Å². The minimum absolute atomic E-state index is 0.0948. The Bertz CT molecular complexity index is 508. The van der Waals surface area contributed by atoms with Gasteiger partial charge < -0.3 is 15.9 Å². The summed E-state index contributed by atoms with van der Waals surface area (Å²) in [6.07, 6.45) is -0.317. The fourth-order valence-electron chi connectivity index (χ4n) is 1.25. The van der Waals surface area contributed by atoms with Crippen molar-refractivity contribution in [3.05, 3.63) is 29.8 Å². The largest absolute Gasteiger partial charge is 0.480 e. The van der Waals surface area contributed by atoms with E-state index in [-0.39, 0.29) is 10.5 Å². The van der Waals surface area contributed by atoms with Crippen LogP contribution in [0.4, 0.5) is 0 Å². The van der Waals surface area contributed by atoms with Gasteiger partial charge in [-0.25, -0.2) is 8.42 Å². The quantitative estimate of drug-likeness (QED) is 0.673. The molecule has 6 nitrogen and oxygen atoms in total. The summed E-state index contributed by atoms with van der Waals surface area (Å²) in [7, 11) is -3.31. The van der Waals surface area contributed by atoms with Gasteiger partial charge in [0.2, 0.25) is 0 Å². The molecule has 2 atom stereocenters. The summed E-state index contributed by atoms with van der Waals surface area (Å²) in [6.45, 7) is 0. The molecule has 17 heavy (non-hydrogen) atoms. The SMILES string of the molecule is CS(=O)(=O)c1ccc(C(O)[C@H](N)C(=O)O)cc1. The summed E-state index contributed by atoms with van der Waals surface area (Å²) in [4.78, 5) is 10.7. The Hall–Kier alpha value is -1.44. The van der Waals surface area contributed by atoms with E-state index in [0.717, 1.165) is 6.26 Å². The van der Waals surface area contributed by atoms with Crippen LogP contribution in [0.25, 0.3) is 0 Å². The summed E-state index contributed by atoms with van der Waals surface area (Å²) >= 11 is 0. The van der Waals surface area contributed by atoms with Crippen LogP contribution in [-0.4, -0.2) is 36.9 Å². The first-order valence-electron chi connectivity index (χ1n) is 4.70. The van der Waals surface area contributed by atoms with Gasteiger partial charge in [-0.05, 0) is 17.7 Å². The van der Waals surface area contributed by atoms with E-state index in [1.165, 1.54) is 24.3 Å². The molecule has 0 aliphatic rings. The van der Waals surface area contributed by atoms with E-state index in [4.69, 9.17) is 10.8 Å². The zero-order valence-electron chi connectivity index (χ0n) is 9.07. The molecule has 0 radical (unpaired) electrons. The van der Waals surface area contributed by atoms with Crippen LogP contribution in [0.1, 0.15) is 11.7 Å². The fourth-order valence-corrected chi connectivity index (χ4v) is 1.89. The number of carboxylic acids is 1. The van der Waals surface area contributed by atoms with Gasteiger partial charge in [-0.1, -0.05) is 12.1 Å². The molecule has 1 aromatic rings. The lowest BCUT2D eigenvalue weighted by atomic mass is 10.0. The molecule has 0 spiro atoms. The molecule has 0 saturated heterocycles. The van der Waals surface area contributed by atoms with Crippen molar-refractivity contribution in [2.24, 2.45) is 5.73 Å². The predicted octanol–water partition coefficient (Wildman–Crippen LogP) is -0.465. The van der Waals surface area contributed by atoms with Gasteiger partial charge in [-0.2, -0.15) is 0 Å². The van der Waals surface area contributed by atoms with Crippen LogP contribution < -0.4 is 5.73 Å². The third kappa shape index (κ3) is 3.26. The normalized spacial score (nSPS) is 15.2. The van der Waals surface area contributed by atoms with E-state index in [2.05, 4.69) is 0 Å². The summed E-state index contributed by atoms with van der Waals surface area (Å²) in [5.41, 5.74) is 5.50. The van der Waals surface area contributed by atoms with Crippen LogP contribution in [0, 0.1) is 0 Å². The molecule has 7 heteroatoms. The topological polar surface area (TPSA) is 118 Å². The van der Waals surface area contributed by atoms with E-state index in [1.54, 1.807) is 0 Å². The average molecular weight is 259 g/mol. The molecule has 0 aliphatic heterocycles. The Morgan fingerprint density at radius 3 is 2.12 bits per heavy atom. The van der Waals surface area contributed by atoms with Crippen molar-refractivity contribution in [3.8, 4) is 0 Å². The molecular weight excluding hydrogens is 246 g/mol. The Morgan fingerprint density at radius 2 is 1.76 bits per heavy atom. The molecule has 94 valence electrons. The van der Waals surface area contributed by atoms with Crippen LogP contribution in [0.3, 0.4) is 0 Å². The third-order valence-electron chi connectivity index (χ3n) is 2.28. The number of hydrogen-bond donors (Lipinski definition) is 3. The van der Waals surface area contributed by atoms with Gasteiger partial charge in [-0.3, -0.25) is 4.79 Å². The van der Waals surface area contributed by atoms with Gasteiger partial charge in [0.25, 0.3) is 0 Å². The number of carboxylic acid groups (broad SMARTS) is 1. The first-order valence-corrected chi connectivity index (χ1v) is 6.59. The van der Waals surface area contributed by atoms with Crippen LogP contribution in [0.15, 0.2) is 29.2 Å². The monoisotopic (exact) mass is 259 g/mol. The second-order valence-electron chi connectivity index (χ2n) is 3.65. The minimum atomic E-state index is -3.31. The molecule has 0 bridgehead atoms. The van der Waals surface area contributed by atoms with Crippen LogP contribution in [0.2, 0.25) is 0 Å². The molecule has 0 aliphatic carbocycles. The van der Waals surface area contributed by atoms with E-state index >= 15 is 0 Å². The maximum absolute atomic E-state index is 11.2. The average Bonchev–Trinajstić information content (AvgIpc) is 2.26. The van der Waals surface area contributed by atoms with Crippen molar-refractivity contribution in [1.82, 2.24) is 0 Å². The van der Waals surface area contributed by atoms with Crippen molar-refractivity contribution in [3.63, 3.8) is 0 Å². The number of benzene rings is 1. The Kier molecular flexibility index (Phi) is 3.87.